The quantitative estimate of drug-likeness (QED) is 0.161. The minimum Gasteiger partial charge on any atom is -0.307 e. The molecule has 0 radical (unpaired) electrons. The molecule has 5 aromatic rings. The molecule has 0 unspecified atom stereocenters. The normalized spacial score (nSPS) is 7.42. The molecule has 0 aliphatic carbocycles. The monoisotopic (exact) mass is 729 g/mol. The molecule has 0 spiro atoms. The van der Waals surface area contributed by atoms with Crippen LogP contribution in [0.3, 0.4) is 0 Å². The first-order valence-electron chi connectivity index (χ1n) is 12.2. The molecule has 5 rings (SSSR count). The Hall–Kier alpha value is -6.09. The van der Waals surface area contributed by atoms with Crippen molar-refractivity contribution in [2.45, 2.75) is 0 Å². The summed E-state index contributed by atoms with van der Waals surface area (Å²) in [7, 11) is 0. The summed E-state index contributed by atoms with van der Waals surface area (Å²) < 4.78 is 0. The summed E-state index contributed by atoms with van der Waals surface area (Å²) in [6.07, 6.45) is 0. The van der Waals surface area contributed by atoms with Crippen LogP contribution in [-0.4, -0.2) is 6.79 Å². The predicted octanol–water partition coefficient (Wildman–Crippen LogP) is 7.60. The van der Waals surface area contributed by atoms with E-state index in [9.17, 15) is 0 Å². The fourth-order valence-corrected chi connectivity index (χ4v) is 2.56. The molecule has 7 heteroatoms. The Morgan fingerprint density at radius 3 is 0.488 bits per heavy atom. The number of hydrogen-bond acceptors (Lipinski definition) is 6. The summed E-state index contributed by atoms with van der Waals surface area (Å²) in [6.45, 7) is 2.00. The molecule has 0 N–H and O–H groups in total. The molecular weight excluding hydrogens is 702 g/mol. The third kappa shape index (κ3) is 21.4. The first-order valence-corrected chi connectivity index (χ1v) is 12.2. The summed E-state index contributed by atoms with van der Waals surface area (Å²) in [5, 5.41) is 41.4. The van der Waals surface area contributed by atoms with Crippen molar-refractivity contribution in [2.75, 3.05) is 0 Å². The smallest absolute Gasteiger partial charge is 0.106 e. The molecule has 0 fully saturated rings. The Balaban J connectivity index is 0. The zero-order valence-corrected chi connectivity index (χ0v) is 26.1. The average Bonchev–Trinajstić information content (AvgIpc) is 3.12. The molecule has 0 aliphatic heterocycles. The molecule has 0 saturated carbocycles. The zero-order valence-electron chi connectivity index (χ0n) is 23.2. The maximum atomic E-state index is 8.29. The molecule has 6 nitrogen and oxygen atoms in total. The van der Waals surface area contributed by atoms with E-state index in [2.05, 4.69) is 0 Å². The summed E-state index contributed by atoms with van der Waals surface area (Å²) in [4.78, 5) is 8.00. The maximum absolute atomic E-state index is 8.29. The van der Waals surface area contributed by atoms with Crippen LogP contribution in [0.2, 0.25) is 0 Å². The number of nitriles is 5. The van der Waals surface area contributed by atoms with Crippen molar-refractivity contribution in [1.29, 1.82) is 26.3 Å². The van der Waals surface area contributed by atoms with Crippen molar-refractivity contribution in [1.82, 2.24) is 0 Å². The predicted molar refractivity (Wildman–Crippen MR) is 163 cm³/mol. The van der Waals surface area contributed by atoms with E-state index < -0.39 is 0 Å². The standard InChI is InChI=1S/5C7H5N.CH2O.W/c5*8-6-7-4-2-1-3-5-7;1-2;/h5*1-5H;1H2;. The molecule has 0 saturated heterocycles. The fourth-order valence-electron chi connectivity index (χ4n) is 2.56. The fraction of sp³-hybridized carbons (Fsp3) is 0. The van der Waals surface area contributed by atoms with Crippen LogP contribution >= 0.6 is 0 Å². The molecular formula is C36H27N5OW. The summed E-state index contributed by atoms with van der Waals surface area (Å²) >= 11 is 0. The van der Waals surface area contributed by atoms with Gasteiger partial charge in [-0.2, -0.15) is 26.3 Å². The van der Waals surface area contributed by atoms with Crippen LogP contribution in [0.5, 0.6) is 0 Å². The first-order chi connectivity index (χ1) is 20.7. The Bertz CT molecular complexity index is 1290. The van der Waals surface area contributed by atoms with Gasteiger partial charge in [0.05, 0.1) is 58.2 Å². The van der Waals surface area contributed by atoms with Crippen LogP contribution < -0.4 is 0 Å². The van der Waals surface area contributed by atoms with E-state index in [1.165, 1.54) is 0 Å². The van der Waals surface area contributed by atoms with Crippen LogP contribution in [0.25, 0.3) is 0 Å². The molecule has 0 atom stereocenters. The number of hydrogen-bond donors (Lipinski definition) is 0. The Labute approximate surface area is 267 Å². The van der Waals surface area contributed by atoms with Gasteiger partial charge in [-0.25, -0.2) is 0 Å². The maximum Gasteiger partial charge on any atom is 0.106 e. The van der Waals surface area contributed by atoms with E-state index in [-0.39, 0.29) is 21.1 Å². The van der Waals surface area contributed by atoms with Crippen molar-refractivity contribution in [3.05, 3.63) is 179 Å². The second-order valence-corrected chi connectivity index (χ2v) is 7.39. The van der Waals surface area contributed by atoms with E-state index in [0.717, 1.165) is 0 Å². The van der Waals surface area contributed by atoms with Crippen molar-refractivity contribution in [3.63, 3.8) is 0 Å². The van der Waals surface area contributed by atoms with Crippen LogP contribution in [0.4, 0.5) is 0 Å². The number of nitrogens with zero attached hydrogens (tertiary/aromatic N) is 5. The number of benzene rings is 5. The van der Waals surface area contributed by atoms with E-state index in [1.54, 1.807) is 60.7 Å². The van der Waals surface area contributed by atoms with Crippen molar-refractivity contribution >= 4 is 6.79 Å². The molecule has 208 valence electrons. The van der Waals surface area contributed by atoms with Crippen LogP contribution in [0.1, 0.15) is 27.8 Å². The number of carbonyl (C=O) groups excluding carboxylic acids is 1. The Morgan fingerprint density at radius 1 is 0.302 bits per heavy atom. The molecule has 43 heavy (non-hydrogen) atoms. The van der Waals surface area contributed by atoms with E-state index in [0.29, 0.717) is 27.8 Å². The second kappa shape index (κ2) is 28.9. The van der Waals surface area contributed by atoms with Crippen molar-refractivity contribution in [2.24, 2.45) is 0 Å². The largest absolute Gasteiger partial charge is 0.307 e. The molecule has 5 aromatic carbocycles. The molecule has 0 heterocycles. The summed E-state index contributed by atoms with van der Waals surface area (Å²) in [5.41, 5.74) is 3.58. The number of rotatable bonds is 0. The van der Waals surface area contributed by atoms with Gasteiger partial charge in [0.1, 0.15) is 6.79 Å². The van der Waals surface area contributed by atoms with Gasteiger partial charge >= 0.3 is 0 Å². The third-order valence-corrected chi connectivity index (χ3v) is 4.51. The van der Waals surface area contributed by atoms with Gasteiger partial charge in [0.2, 0.25) is 0 Å². The van der Waals surface area contributed by atoms with Crippen molar-refractivity contribution < 1.29 is 25.9 Å². The molecule has 0 amide bonds. The zero-order chi connectivity index (χ0) is 31.1. The van der Waals surface area contributed by atoms with Crippen LogP contribution in [0, 0.1) is 56.7 Å². The van der Waals surface area contributed by atoms with Crippen LogP contribution in [-0.2, 0) is 25.9 Å². The molecule has 0 aliphatic rings. The second-order valence-electron chi connectivity index (χ2n) is 7.39. The topological polar surface area (TPSA) is 136 Å². The van der Waals surface area contributed by atoms with Gasteiger partial charge < -0.3 is 4.79 Å². The van der Waals surface area contributed by atoms with Gasteiger partial charge in [0, 0.05) is 21.1 Å². The third-order valence-electron chi connectivity index (χ3n) is 4.51. The van der Waals surface area contributed by atoms with Crippen molar-refractivity contribution in [3.8, 4) is 30.3 Å². The Morgan fingerprint density at radius 2 is 0.419 bits per heavy atom. The minimum atomic E-state index is 0. The minimum absolute atomic E-state index is 0. The number of carbonyl (C=O) groups is 1. The SMILES string of the molecule is C=O.N#Cc1ccccc1.N#Cc1ccccc1.N#Cc1ccccc1.N#Cc1ccccc1.N#Cc1ccccc1.[W]. The van der Waals surface area contributed by atoms with Gasteiger partial charge in [0.15, 0.2) is 0 Å². The average molecular weight is 729 g/mol. The Kier molecular flexibility index (Phi) is 26.3. The van der Waals surface area contributed by atoms with E-state index >= 15 is 0 Å². The molecule has 0 bridgehead atoms. The van der Waals surface area contributed by atoms with Gasteiger partial charge in [-0.1, -0.05) is 91.0 Å². The first kappa shape index (κ1) is 39.1. The van der Waals surface area contributed by atoms with Crippen LogP contribution in [0.15, 0.2) is 152 Å². The van der Waals surface area contributed by atoms with Gasteiger partial charge in [0.25, 0.3) is 0 Å². The van der Waals surface area contributed by atoms with E-state index in [4.69, 9.17) is 31.1 Å². The van der Waals surface area contributed by atoms with Gasteiger partial charge in [-0.05, 0) is 60.7 Å². The van der Waals surface area contributed by atoms with Gasteiger partial charge in [-0.15, -0.1) is 0 Å². The van der Waals surface area contributed by atoms with E-state index in [1.807, 2.05) is 128 Å². The van der Waals surface area contributed by atoms with Gasteiger partial charge in [-0.3, -0.25) is 0 Å². The molecule has 0 aromatic heterocycles. The summed E-state index contributed by atoms with van der Waals surface area (Å²) in [5.74, 6) is 0. The summed E-state index contributed by atoms with van der Waals surface area (Å²) in [6, 6.07) is 55.8.